The number of hydrogen-bond acceptors (Lipinski definition) is 4. The minimum Gasteiger partial charge on any atom is -0.341 e. The Kier molecular flexibility index (Phi) is 6.29. The Bertz CT molecular complexity index is 1040. The molecule has 7 heteroatoms. The van der Waals surface area contributed by atoms with Gasteiger partial charge >= 0.3 is 0 Å². The molecule has 1 aliphatic heterocycles. The Balaban J connectivity index is 1.54. The number of aryl methyl sites for hydroxylation is 2. The zero-order chi connectivity index (χ0) is 21.1. The van der Waals surface area contributed by atoms with Gasteiger partial charge in [-0.25, -0.2) is 9.07 Å². The van der Waals surface area contributed by atoms with Crippen molar-refractivity contribution in [2.24, 2.45) is 0 Å². The number of halogens is 1. The maximum absolute atomic E-state index is 14.3. The van der Waals surface area contributed by atoms with Crippen molar-refractivity contribution in [3.05, 3.63) is 57.7 Å². The first-order chi connectivity index (χ1) is 14.5. The monoisotopic (exact) mass is 426 g/mol. The number of hydrogen-bond donors (Lipinski definition) is 1. The molecular formula is C23H27FN4OS. The Morgan fingerprint density at radius 1 is 1.23 bits per heavy atom. The second-order valence-corrected chi connectivity index (χ2v) is 9.20. The van der Waals surface area contributed by atoms with Gasteiger partial charge in [-0.3, -0.25) is 4.79 Å². The smallest absolute Gasteiger partial charge is 0.222 e. The van der Waals surface area contributed by atoms with Gasteiger partial charge in [-0.2, -0.15) is 5.10 Å². The molecule has 3 heterocycles. The number of piperidine rings is 1. The highest BCUT2D eigenvalue weighted by atomic mass is 32.1. The van der Waals surface area contributed by atoms with Gasteiger partial charge in [-0.15, -0.1) is 11.3 Å². The van der Waals surface area contributed by atoms with Crippen LogP contribution in [0.15, 0.2) is 36.5 Å². The zero-order valence-corrected chi connectivity index (χ0v) is 18.3. The van der Waals surface area contributed by atoms with Crippen molar-refractivity contribution in [1.82, 2.24) is 20.0 Å². The van der Waals surface area contributed by atoms with Crippen molar-refractivity contribution in [2.45, 2.75) is 39.7 Å². The van der Waals surface area contributed by atoms with Gasteiger partial charge in [0.1, 0.15) is 11.5 Å². The highest BCUT2D eigenvalue weighted by Gasteiger charge is 2.19. The summed E-state index contributed by atoms with van der Waals surface area (Å²) in [4.78, 5) is 16.3. The van der Waals surface area contributed by atoms with Crippen LogP contribution in [0.5, 0.6) is 0 Å². The van der Waals surface area contributed by atoms with Crippen LogP contribution >= 0.6 is 11.3 Å². The van der Waals surface area contributed by atoms with E-state index in [0.29, 0.717) is 25.2 Å². The summed E-state index contributed by atoms with van der Waals surface area (Å²) in [6.45, 7) is 7.07. The van der Waals surface area contributed by atoms with Crippen LogP contribution in [0.4, 0.5) is 4.39 Å². The van der Waals surface area contributed by atoms with Gasteiger partial charge < -0.3 is 10.2 Å². The van der Waals surface area contributed by atoms with E-state index in [1.807, 2.05) is 17.2 Å². The van der Waals surface area contributed by atoms with E-state index in [2.05, 4.69) is 25.2 Å². The molecule has 0 radical (unpaired) electrons. The number of carbonyl (C=O) groups is 1. The summed E-state index contributed by atoms with van der Waals surface area (Å²) in [5.74, 6) is -0.0478. The summed E-state index contributed by atoms with van der Waals surface area (Å²) in [5, 5.41) is 8.19. The van der Waals surface area contributed by atoms with Gasteiger partial charge in [0, 0.05) is 59.7 Å². The first-order valence-corrected chi connectivity index (χ1v) is 11.2. The summed E-state index contributed by atoms with van der Waals surface area (Å²) < 4.78 is 16.0. The maximum Gasteiger partial charge on any atom is 0.222 e. The zero-order valence-electron chi connectivity index (χ0n) is 17.4. The molecule has 0 unspecified atom stereocenters. The molecular weight excluding hydrogens is 399 g/mol. The SMILES string of the molecule is Cc1cc(-c2nn(-c3ccccc3F)cc2CNCCN2CCCCC2=O)c(C)s1. The molecule has 0 bridgehead atoms. The lowest BCUT2D eigenvalue weighted by Crippen LogP contribution is -2.39. The number of para-hydroxylation sites is 1. The van der Waals surface area contributed by atoms with Crippen molar-refractivity contribution < 1.29 is 9.18 Å². The van der Waals surface area contributed by atoms with Gasteiger partial charge in [-0.1, -0.05) is 12.1 Å². The fraction of sp³-hybridized carbons (Fsp3) is 0.391. The number of nitrogens with zero attached hydrogens (tertiary/aromatic N) is 3. The largest absolute Gasteiger partial charge is 0.341 e. The van der Waals surface area contributed by atoms with Crippen LogP contribution in [0.3, 0.4) is 0 Å². The second-order valence-electron chi connectivity index (χ2n) is 7.74. The van der Waals surface area contributed by atoms with Gasteiger partial charge in [0.15, 0.2) is 0 Å². The van der Waals surface area contributed by atoms with Gasteiger partial charge in [0.2, 0.25) is 5.91 Å². The van der Waals surface area contributed by atoms with Crippen LogP contribution in [0.2, 0.25) is 0 Å². The average molecular weight is 427 g/mol. The third kappa shape index (κ3) is 4.47. The van der Waals surface area contributed by atoms with E-state index < -0.39 is 0 Å². The molecule has 1 fully saturated rings. The summed E-state index contributed by atoms with van der Waals surface area (Å²) >= 11 is 1.74. The van der Waals surface area contributed by atoms with E-state index in [9.17, 15) is 9.18 Å². The highest BCUT2D eigenvalue weighted by molar-refractivity contribution is 7.12. The lowest BCUT2D eigenvalue weighted by atomic mass is 10.1. The number of thiophene rings is 1. The van der Waals surface area contributed by atoms with E-state index in [1.54, 1.807) is 28.2 Å². The molecule has 2 aromatic heterocycles. The Hall–Kier alpha value is -2.51. The number of benzene rings is 1. The molecule has 1 aliphatic rings. The predicted molar refractivity (Wildman–Crippen MR) is 118 cm³/mol. The molecule has 1 N–H and O–H groups in total. The van der Waals surface area contributed by atoms with Crippen molar-refractivity contribution in [2.75, 3.05) is 19.6 Å². The molecule has 30 heavy (non-hydrogen) atoms. The third-order valence-electron chi connectivity index (χ3n) is 5.48. The van der Waals surface area contributed by atoms with Crippen LogP contribution in [0.1, 0.15) is 34.6 Å². The van der Waals surface area contributed by atoms with E-state index >= 15 is 0 Å². The van der Waals surface area contributed by atoms with E-state index in [4.69, 9.17) is 5.10 Å². The summed E-state index contributed by atoms with van der Waals surface area (Å²) in [6.07, 6.45) is 4.65. The minimum absolute atomic E-state index is 0.250. The Morgan fingerprint density at radius 3 is 2.80 bits per heavy atom. The number of aromatic nitrogens is 2. The fourth-order valence-corrected chi connectivity index (χ4v) is 4.85. The molecule has 0 saturated carbocycles. The van der Waals surface area contributed by atoms with E-state index in [0.717, 1.165) is 42.8 Å². The molecule has 5 nitrogen and oxygen atoms in total. The fourth-order valence-electron chi connectivity index (χ4n) is 3.93. The summed E-state index contributed by atoms with van der Waals surface area (Å²) in [7, 11) is 0. The first-order valence-electron chi connectivity index (χ1n) is 10.4. The van der Waals surface area contributed by atoms with E-state index in [1.165, 1.54) is 15.8 Å². The molecule has 158 valence electrons. The summed E-state index contributed by atoms with van der Waals surface area (Å²) in [5.41, 5.74) is 3.43. The van der Waals surface area contributed by atoms with Gasteiger partial charge in [-0.05, 0) is 44.9 Å². The van der Waals surface area contributed by atoms with Crippen molar-refractivity contribution >= 4 is 17.2 Å². The quantitative estimate of drug-likeness (QED) is 0.568. The second kappa shape index (κ2) is 9.10. The normalized spacial score (nSPS) is 14.5. The van der Waals surface area contributed by atoms with Gasteiger partial charge in [0.05, 0.1) is 5.69 Å². The molecule has 0 aliphatic carbocycles. The Morgan fingerprint density at radius 2 is 2.07 bits per heavy atom. The number of likely N-dealkylation sites (tertiary alicyclic amines) is 1. The topological polar surface area (TPSA) is 50.2 Å². The molecule has 1 amide bonds. The Labute approximate surface area is 180 Å². The van der Waals surface area contributed by atoms with Crippen LogP contribution in [0.25, 0.3) is 16.9 Å². The van der Waals surface area contributed by atoms with E-state index in [-0.39, 0.29) is 11.7 Å². The molecule has 1 saturated heterocycles. The van der Waals surface area contributed by atoms with Crippen LogP contribution in [-0.4, -0.2) is 40.2 Å². The first kappa shape index (κ1) is 20.8. The van der Waals surface area contributed by atoms with Gasteiger partial charge in [0.25, 0.3) is 0 Å². The molecule has 0 spiro atoms. The number of rotatable bonds is 7. The van der Waals surface area contributed by atoms with Crippen LogP contribution < -0.4 is 5.32 Å². The standard InChI is InChI=1S/C23H27FN4OS/c1-16-13-19(17(2)30-16)23-18(14-25-10-12-27-11-6-5-9-22(27)29)15-28(26-23)21-8-4-3-7-20(21)24/h3-4,7-8,13,15,25H,5-6,9-12,14H2,1-2H3. The molecule has 4 rings (SSSR count). The molecule has 1 aromatic carbocycles. The lowest BCUT2D eigenvalue weighted by Gasteiger charge is -2.26. The number of amides is 1. The van der Waals surface area contributed by atoms with Crippen molar-refractivity contribution in [1.29, 1.82) is 0 Å². The maximum atomic E-state index is 14.3. The average Bonchev–Trinajstić information content (AvgIpc) is 3.29. The lowest BCUT2D eigenvalue weighted by molar-refractivity contribution is -0.133. The van der Waals surface area contributed by atoms with Crippen LogP contribution in [-0.2, 0) is 11.3 Å². The van der Waals surface area contributed by atoms with Crippen molar-refractivity contribution in [3.63, 3.8) is 0 Å². The molecule has 3 aromatic rings. The number of carbonyl (C=O) groups excluding carboxylic acids is 1. The highest BCUT2D eigenvalue weighted by Crippen LogP contribution is 2.32. The summed E-state index contributed by atoms with van der Waals surface area (Å²) in [6, 6.07) is 8.82. The predicted octanol–water partition coefficient (Wildman–Crippen LogP) is 4.46. The van der Waals surface area contributed by atoms with Crippen LogP contribution in [0, 0.1) is 19.7 Å². The third-order valence-corrected chi connectivity index (χ3v) is 6.45. The minimum atomic E-state index is -0.298. The number of nitrogens with one attached hydrogen (secondary N) is 1. The molecule has 0 atom stereocenters. The van der Waals surface area contributed by atoms with Crippen molar-refractivity contribution in [3.8, 4) is 16.9 Å².